The van der Waals surface area contributed by atoms with Crippen LogP contribution in [0.5, 0.6) is 5.75 Å². The number of aromatic nitrogens is 3. The number of fused-ring (bicyclic) bond motifs is 2. The van der Waals surface area contributed by atoms with E-state index in [9.17, 15) is 10.1 Å². The lowest BCUT2D eigenvalue weighted by Crippen LogP contribution is -2.25. The van der Waals surface area contributed by atoms with Crippen molar-refractivity contribution < 1.29 is 9.53 Å². The number of nitrogens with one attached hydrogen (secondary N) is 2. The number of carbonyl (C=O) groups excluding carboxylic acids is 1. The van der Waals surface area contributed by atoms with E-state index in [0.717, 1.165) is 59.9 Å². The maximum Gasteiger partial charge on any atom is 0.247 e. The number of para-hydroxylation sites is 1. The van der Waals surface area contributed by atoms with Gasteiger partial charge in [-0.05, 0) is 87.4 Å². The van der Waals surface area contributed by atoms with E-state index in [1.54, 1.807) is 13.3 Å². The number of ether oxygens (including phenoxy) is 1. The Morgan fingerprint density at radius 1 is 1.19 bits per heavy atom. The van der Waals surface area contributed by atoms with Gasteiger partial charge in [-0.15, -0.1) is 0 Å². The Labute approximate surface area is 251 Å². The molecular formula is C34H35N7O2. The normalized spacial score (nSPS) is 21.4. The molecule has 3 heterocycles. The van der Waals surface area contributed by atoms with Gasteiger partial charge in [0.1, 0.15) is 11.8 Å². The van der Waals surface area contributed by atoms with Gasteiger partial charge >= 0.3 is 0 Å². The van der Waals surface area contributed by atoms with Crippen LogP contribution in [0.2, 0.25) is 0 Å². The molecular weight excluding hydrogens is 538 g/mol. The van der Waals surface area contributed by atoms with Gasteiger partial charge in [0.2, 0.25) is 11.9 Å². The van der Waals surface area contributed by atoms with E-state index in [0.29, 0.717) is 52.6 Å². The first-order chi connectivity index (χ1) is 21.0. The van der Waals surface area contributed by atoms with E-state index < -0.39 is 0 Å². The van der Waals surface area contributed by atoms with Crippen molar-refractivity contribution in [3.05, 3.63) is 72.6 Å². The summed E-state index contributed by atoms with van der Waals surface area (Å²) in [6.45, 7) is 4.79. The number of amides is 1. The largest absolute Gasteiger partial charge is 0.495 e. The van der Waals surface area contributed by atoms with Crippen LogP contribution in [0, 0.1) is 17.2 Å². The van der Waals surface area contributed by atoms with Crippen molar-refractivity contribution in [1.29, 1.82) is 5.26 Å². The minimum atomic E-state index is -0.267. The molecule has 0 radical (unpaired) electrons. The predicted molar refractivity (Wildman–Crippen MR) is 168 cm³/mol. The van der Waals surface area contributed by atoms with Crippen molar-refractivity contribution in [3.63, 3.8) is 0 Å². The van der Waals surface area contributed by atoms with Crippen LogP contribution in [0.15, 0.2) is 61.4 Å². The molecule has 9 heteroatoms. The number of anilines is 3. The second-order valence-corrected chi connectivity index (χ2v) is 12.0. The van der Waals surface area contributed by atoms with Gasteiger partial charge in [0.15, 0.2) is 0 Å². The highest BCUT2D eigenvalue weighted by Crippen LogP contribution is 2.49. The van der Waals surface area contributed by atoms with Crippen LogP contribution in [0.4, 0.5) is 17.3 Å². The van der Waals surface area contributed by atoms with Crippen molar-refractivity contribution in [3.8, 4) is 23.1 Å². The Balaban J connectivity index is 1.27. The average Bonchev–Trinajstić information content (AvgIpc) is 3.52. The Morgan fingerprint density at radius 3 is 2.77 bits per heavy atom. The lowest BCUT2D eigenvalue weighted by Gasteiger charge is -2.22. The van der Waals surface area contributed by atoms with Gasteiger partial charge in [0.25, 0.3) is 0 Å². The Bertz CT molecular complexity index is 1780. The molecule has 1 saturated heterocycles. The molecule has 2 aromatic carbocycles. The molecule has 3 fully saturated rings. The van der Waals surface area contributed by atoms with Crippen LogP contribution < -0.4 is 15.4 Å². The first kappa shape index (κ1) is 27.2. The molecule has 218 valence electrons. The molecule has 4 aromatic rings. The summed E-state index contributed by atoms with van der Waals surface area (Å²) >= 11 is 0. The van der Waals surface area contributed by atoms with Gasteiger partial charge in [-0.2, -0.15) is 5.26 Å². The van der Waals surface area contributed by atoms with Crippen molar-refractivity contribution >= 4 is 34.1 Å². The van der Waals surface area contributed by atoms with Gasteiger partial charge in [0, 0.05) is 40.4 Å². The predicted octanol–water partition coefficient (Wildman–Crippen LogP) is 6.38. The summed E-state index contributed by atoms with van der Waals surface area (Å²) in [7, 11) is 3.85. The Hall–Kier alpha value is -4.68. The number of hydrogen-bond acceptors (Lipinski definition) is 7. The summed E-state index contributed by atoms with van der Waals surface area (Å²) in [6.07, 6.45) is 10.6. The van der Waals surface area contributed by atoms with Crippen molar-refractivity contribution in [2.45, 2.75) is 50.1 Å². The highest BCUT2D eigenvalue weighted by molar-refractivity contribution is 6.00. The standard InChI is InChI=1S/C34H35N7O2/c1-4-32(42)37-27-16-28(31(43-3)15-25(27)21-13-20-11-12-40(2)30(20)14-21)38-34-36-18-22(17-35)33(39-34)26-19-41(23-9-10-23)29-8-6-5-7-24(26)29/h4-8,15-16,18-21,23,30H,1,9-14H2,2-3H3,(H,37,42)(H,36,38,39)/t20-,21?,30+/m1/s1. The van der Waals surface area contributed by atoms with Gasteiger partial charge in [-0.3, -0.25) is 4.79 Å². The van der Waals surface area contributed by atoms with E-state index in [1.807, 2.05) is 24.3 Å². The molecule has 3 aliphatic rings. The summed E-state index contributed by atoms with van der Waals surface area (Å²) < 4.78 is 8.15. The van der Waals surface area contributed by atoms with Crippen LogP contribution in [0.1, 0.15) is 55.2 Å². The summed E-state index contributed by atoms with van der Waals surface area (Å²) in [5.41, 5.74) is 5.44. The second kappa shape index (κ2) is 10.9. The fourth-order valence-corrected chi connectivity index (χ4v) is 7.13. The van der Waals surface area contributed by atoms with E-state index in [2.05, 4.69) is 63.1 Å². The molecule has 7 rings (SSSR count). The zero-order valence-corrected chi connectivity index (χ0v) is 24.5. The lowest BCUT2D eigenvalue weighted by atomic mass is 9.93. The van der Waals surface area contributed by atoms with Gasteiger partial charge < -0.3 is 24.8 Å². The summed E-state index contributed by atoms with van der Waals surface area (Å²) in [6, 6.07) is 15.5. The molecule has 0 spiro atoms. The maximum atomic E-state index is 12.5. The van der Waals surface area contributed by atoms with Crippen molar-refractivity contribution in [2.24, 2.45) is 5.92 Å². The fourth-order valence-electron chi connectivity index (χ4n) is 7.13. The van der Waals surface area contributed by atoms with E-state index in [4.69, 9.17) is 9.72 Å². The van der Waals surface area contributed by atoms with Gasteiger partial charge in [-0.1, -0.05) is 24.8 Å². The topological polar surface area (TPSA) is 108 Å². The molecule has 1 aliphatic heterocycles. The third-order valence-corrected chi connectivity index (χ3v) is 9.42. The SMILES string of the molecule is C=CC(=O)Nc1cc(Nc2ncc(C#N)c(-c3cn(C4CC4)c4ccccc34)n2)c(OC)cc1C1C[C@H]2CCN(C)[C@H]2C1. The molecule has 3 atom stereocenters. The third-order valence-electron chi connectivity index (χ3n) is 9.42. The summed E-state index contributed by atoms with van der Waals surface area (Å²) in [5, 5.41) is 17.4. The molecule has 1 amide bonds. The highest BCUT2D eigenvalue weighted by atomic mass is 16.5. The molecule has 2 aliphatic carbocycles. The summed E-state index contributed by atoms with van der Waals surface area (Å²) in [5.74, 6) is 1.68. The smallest absolute Gasteiger partial charge is 0.247 e. The quantitative estimate of drug-likeness (QED) is 0.236. The van der Waals surface area contributed by atoms with Crippen molar-refractivity contribution in [1.82, 2.24) is 19.4 Å². The Kier molecular flexibility index (Phi) is 6.86. The zero-order valence-electron chi connectivity index (χ0n) is 24.5. The highest BCUT2D eigenvalue weighted by Gasteiger charge is 2.41. The zero-order chi connectivity index (χ0) is 29.7. The Morgan fingerprint density at radius 2 is 2.02 bits per heavy atom. The second-order valence-electron chi connectivity index (χ2n) is 12.0. The van der Waals surface area contributed by atoms with Crippen LogP contribution in [-0.4, -0.2) is 52.1 Å². The monoisotopic (exact) mass is 573 g/mol. The number of carbonyl (C=O) groups is 1. The molecule has 2 saturated carbocycles. The lowest BCUT2D eigenvalue weighted by molar-refractivity contribution is -0.111. The molecule has 2 N–H and O–H groups in total. The van der Waals surface area contributed by atoms with Crippen LogP contribution in [-0.2, 0) is 4.79 Å². The number of hydrogen-bond donors (Lipinski definition) is 2. The number of methoxy groups -OCH3 is 1. The van der Waals surface area contributed by atoms with Crippen LogP contribution >= 0.6 is 0 Å². The first-order valence-corrected chi connectivity index (χ1v) is 15.0. The average molecular weight is 574 g/mol. The number of likely N-dealkylation sites (tertiary alicyclic amines) is 1. The fraction of sp³-hybridized carbons (Fsp3) is 0.353. The number of nitriles is 1. The first-order valence-electron chi connectivity index (χ1n) is 15.0. The maximum absolute atomic E-state index is 12.5. The van der Waals surface area contributed by atoms with E-state index in [1.165, 1.54) is 12.5 Å². The van der Waals surface area contributed by atoms with Crippen LogP contribution in [0.25, 0.3) is 22.2 Å². The third kappa shape index (κ3) is 4.92. The number of nitrogens with zero attached hydrogens (tertiary/aromatic N) is 5. The molecule has 43 heavy (non-hydrogen) atoms. The van der Waals surface area contributed by atoms with Crippen LogP contribution in [0.3, 0.4) is 0 Å². The van der Waals surface area contributed by atoms with Crippen molar-refractivity contribution in [2.75, 3.05) is 31.3 Å². The minimum Gasteiger partial charge on any atom is -0.495 e. The molecule has 0 bridgehead atoms. The minimum absolute atomic E-state index is 0.267. The summed E-state index contributed by atoms with van der Waals surface area (Å²) in [4.78, 5) is 24.3. The van der Waals surface area contributed by atoms with Gasteiger partial charge in [-0.25, -0.2) is 9.97 Å². The van der Waals surface area contributed by atoms with E-state index in [-0.39, 0.29) is 5.91 Å². The molecule has 1 unspecified atom stereocenters. The van der Waals surface area contributed by atoms with Gasteiger partial charge in [0.05, 0.1) is 30.3 Å². The molecule has 2 aromatic heterocycles. The van der Waals surface area contributed by atoms with E-state index >= 15 is 0 Å². The molecule has 9 nitrogen and oxygen atoms in total. The number of benzene rings is 2. The number of rotatable bonds is 8.